The largest absolute Gasteiger partial charge is 0.351 e. The van der Waals surface area contributed by atoms with E-state index in [1.807, 2.05) is 42.6 Å². The molecule has 0 aliphatic carbocycles. The van der Waals surface area contributed by atoms with Gasteiger partial charge in [0, 0.05) is 11.6 Å². The summed E-state index contributed by atoms with van der Waals surface area (Å²) in [6, 6.07) is 9.65. The first kappa shape index (κ1) is 13.1. The Morgan fingerprint density at radius 1 is 1.39 bits per heavy atom. The zero-order valence-corrected chi connectivity index (χ0v) is 11.6. The lowest BCUT2D eigenvalue weighted by Gasteiger charge is -2.05. The normalized spacial score (nSPS) is 10.3. The Morgan fingerprint density at radius 2 is 2.22 bits per heavy atom. The van der Waals surface area contributed by atoms with Crippen LogP contribution in [0.4, 0.5) is 0 Å². The summed E-state index contributed by atoms with van der Waals surface area (Å²) in [6.45, 7) is 2.57. The minimum atomic E-state index is 0.00419. The quantitative estimate of drug-likeness (QED) is 0.909. The van der Waals surface area contributed by atoms with Crippen LogP contribution in [0, 0.1) is 6.92 Å². The summed E-state index contributed by atoms with van der Waals surface area (Å²) in [5.74, 6) is 0.00419. The Kier molecular flexibility index (Phi) is 4.39. The molecule has 0 radical (unpaired) electrons. The van der Waals surface area contributed by atoms with E-state index in [1.165, 1.54) is 11.3 Å². The summed E-state index contributed by atoms with van der Waals surface area (Å²) < 4.78 is 0. The van der Waals surface area contributed by atoms with Gasteiger partial charge >= 0.3 is 0 Å². The number of hydrogen-bond donors (Lipinski definition) is 1. The standard InChI is InChI=1S/C14H14ClNOS/c1-10-6-8-18-13(10)14(17)16-7-5-11-3-2-4-12(15)9-11/h2-4,6,8-9H,5,7H2,1H3,(H,16,17). The molecule has 0 bridgehead atoms. The molecule has 1 aromatic heterocycles. The van der Waals surface area contributed by atoms with E-state index in [9.17, 15) is 4.79 Å². The van der Waals surface area contributed by atoms with Crippen LogP contribution in [0.2, 0.25) is 5.02 Å². The highest BCUT2D eigenvalue weighted by Gasteiger charge is 2.09. The minimum absolute atomic E-state index is 0.00419. The predicted molar refractivity (Wildman–Crippen MR) is 76.5 cm³/mol. The van der Waals surface area contributed by atoms with Crippen LogP contribution in [0.15, 0.2) is 35.7 Å². The van der Waals surface area contributed by atoms with Crippen LogP contribution in [0.5, 0.6) is 0 Å². The maximum absolute atomic E-state index is 11.9. The van der Waals surface area contributed by atoms with Crippen molar-refractivity contribution in [2.24, 2.45) is 0 Å². The third kappa shape index (κ3) is 3.34. The maximum Gasteiger partial charge on any atom is 0.261 e. The number of halogens is 1. The van der Waals surface area contributed by atoms with Crippen molar-refractivity contribution in [3.63, 3.8) is 0 Å². The van der Waals surface area contributed by atoms with Crippen LogP contribution in [0.25, 0.3) is 0 Å². The molecule has 1 heterocycles. The van der Waals surface area contributed by atoms with Gasteiger partial charge in [-0.1, -0.05) is 23.7 Å². The van der Waals surface area contributed by atoms with Gasteiger partial charge in [0.05, 0.1) is 4.88 Å². The summed E-state index contributed by atoms with van der Waals surface area (Å²) in [6.07, 6.45) is 0.788. The maximum atomic E-state index is 11.9. The Hall–Kier alpha value is -1.32. The van der Waals surface area contributed by atoms with Crippen molar-refractivity contribution in [1.82, 2.24) is 5.32 Å². The third-order valence-corrected chi connectivity index (χ3v) is 3.91. The van der Waals surface area contributed by atoms with E-state index in [2.05, 4.69) is 5.32 Å². The highest BCUT2D eigenvalue weighted by molar-refractivity contribution is 7.12. The highest BCUT2D eigenvalue weighted by Crippen LogP contribution is 2.15. The summed E-state index contributed by atoms with van der Waals surface area (Å²) in [5, 5.41) is 5.58. The van der Waals surface area contributed by atoms with Crippen molar-refractivity contribution >= 4 is 28.8 Å². The molecule has 0 atom stereocenters. The van der Waals surface area contributed by atoms with Gasteiger partial charge in [0.1, 0.15) is 0 Å². The minimum Gasteiger partial charge on any atom is -0.351 e. The number of aryl methyl sites for hydroxylation is 1. The van der Waals surface area contributed by atoms with Crippen molar-refractivity contribution in [1.29, 1.82) is 0 Å². The second kappa shape index (κ2) is 6.03. The molecule has 2 aromatic rings. The van der Waals surface area contributed by atoms with Gasteiger partial charge in [-0.15, -0.1) is 11.3 Å². The molecular formula is C14H14ClNOS. The molecule has 1 aromatic carbocycles. The Labute approximate surface area is 116 Å². The average Bonchev–Trinajstić information content (AvgIpc) is 2.75. The van der Waals surface area contributed by atoms with Crippen molar-refractivity contribution in [2.45, 2.75) is 13.3 Å². The monoisotopic (exact) mass is 279 g/mol. The number of nitrogens with one attached hydrogen (secondary N) is 1. The second-order valence-corrected chi connectivity index (χ2v) is 5.42. The molecule has 0 saturated heterocycles. The fraction of sp³-hybridized carbons (Fsp3) is 0.214. The highest BCUT2D eigenvalue weighted by atomic mass is 35.5. The van der Waals surface area contributed by atoms with Gasteiger partial charge in [-0.3, -0.25) is 4.79 Å². The number of thiophene rings is 1. The van der Waals surface area contributed by atoms with Crippen molar-refractivity contribution < 1.29 is 4.79 Å². The van der Waals surface area contributed by atoms with Crippen LogP contribution in [-0.4, -0.2) is 12.5 Å². The molecule has 1 N–H and O–H groups in total. The molecule has 0 fully saturated rings. The summed E-state index contributed by atoms with van der Waals surface area (Å²) in [7, 11) is 0. The number of benzene rings is 1. The predicted octanol–water partition coefficient (Wildman–Crippen LogP) is 3.68. The molecule has 2 nitrogen and oxygen atoms in total. The summed E-state index contributed by atoms with van der Waals surface area (Å²) in [4.78, 5) is 12.6. The van der Waals surface area contributed by atoms with Gasteiger partial charge in [-0.2, -0.15) is 0 Å². The van der Waals surface area contributed by atoms with E-state index in [0.29, 0.717) is 6.54 Å². The van der Waals surface area contributed by atoms with E-state index < -0.39 is 0 Å². The number of carbonyl (C=O) groups is 1. The van der Waals surface area contributed by atoms with E-state index >= 15 is 0 Å². The lowest BCUT2D eigenvalue weighted by molar-refractivity contribution is 0.0957. The zero-order chi connectivity index (χ0) is 13.0. The van der Waals surface area contributed by atoms with Crippen LogP contribution in [-0.2, 0) is 6.42 Å². The lowest BCUT2D eigenvalue weighted by Crippen LogP contribution is -2.25. The van der Waals surface area contributed by atoms with E-state index in [0.717, 1.165) is 27.4 Å². The van der Waals surface area contributed by atoms with Crippen molar-refractivity contribution in [3.8, 4) is 0 Å². The number of amides is 1. The Balaban J connectivity index is 1.86. The van der Waals surface area contributed by atoms with E-state index in [1.54, 1.807) is 0 Å². The van der Waals surface area contributed by atoms with Gasteiger partial charge < -0.3 is 5.32 Å². The average molecular weight is 280 g/mol. The van der Waals surface area contributed by atoms with Gasteiger partial charge in [0.2, 0.25) is 0 Å². The Bertz CT molecular complexity index is 550. The molecule has 0 spiro atoms. The summed E-state index contributed by atoms with van der Waals surface area (Å²) in [5.41, 5.74) is 2.16. The fourth-order valence-electron chi connectivity index (χ4n) is 1.70. The van der Waals surface area contributed by atoms with E-state index in [-0.39, 0.29) is 5.91 Å². The molecule has 18 heavy (non-hydrogen) atoms. The molecule has 1 amide bonds. The smallest absolute Gasteiger partial charge is 0.261 e. The van der Waals surface area contributed by atoms with Gasteiger partial charge in [-0.05, 0) is 48.1 Å². The topological polar surface area (TPSA) is 29.1 Å². The van der Waals surface area contributed by atoms with Crippen LogP contribution in [0.1, 0.15) is 20.8 Å². The van der Waals surface area contributed by atoms with Crippen molar-refractivity contribution in [3.05, 3.63) is 56.7 Å². The van der Waals surface area contributed by atoms with Gasteiger partial charge in [0.25, 0.3) is 5.91 Å². The third-order valence-electron chi connectivity index (χ3n) is 2.66. The molecule has 4 heteroatoms. The second-order valence-electron chi connectivity index (χ2n) is 4.07. The molecular weight excluding hydrogens is 266 g/mol. The molecule has 94 valence electrons. The van der Waals surface area contributed by atoms with E-state index in [4.69, 9.17) is 11.6 Å². The van der Waals surface area contributed by atoms with Crippen LogP contribution >= 0.6 is 22.9 Å². The molecule has 0 unspecified atom stereocenters. The number of rotatable bonds is 4. The van der Waals surface area contributed by atoms with Crippen LogP contribution < -0.4 is 5.32 Å². The molecule has 0 saturated carbocycles. The molecule has 2 rings (SSSR count). The molecule has 0 aliphatic heterocycles. The Morgan fingerprint density at radius 3 is 2.89 bits per heavy atom. The SMILES string of the molecule is Cc1ccsc1C(=O)NCCc1cccc(Cl)c1. The fourth-order valence-corrected chi connectivity index (χ4v) is 2.75. The first-order chi connectivity index (χ1) is 8.66. The number of hydrogen-bond acceptors (Lipinski definition) is 2. The lowest BCUT2D eigenvalue weighted by atomic mass is 10.1. The molecule has 0 aliphatic rings. The zero-order valence-electron chi connectivity index (χ0n) is 10.1. The van der Waals surface area contributed by atoms with Gasteiger partial charge in [-0.25, -0.2) is 0 Å². The first-order valence-corrected chi connectivity index (χ1v) is 6.99. The first-order valence-electron chi connectivity index (χ1n) is 5.73. The summed E-state index contributed by atoms with van der Waals surface area (Å²) >= 11 is 7.38. The van der Waals surface area contributed by atoms with Gasteiger partial charge in [0.15, 0.2) is 0 Å². The number of carbonyl (C=O) groups excluding carboxylic acids is 1. The van der Waals surface area contributed by atoms with Crippen molar-refractivity contribution in [2.75, 3.05) is 6.54 Å². The van der Waals surface area contributed by atoms with Crippen LogP contribution in [0.3, 0.4) is 0 Å².